The lowest BCUT2D eigenvalue weighted by Gasteiger charge is -2.18. The Kier molecular flexibility index (Phi) is 6.60. The van der Waals surface area contributed by atoms with Gasteiger partial charge in [0.1, 0.15) is 0 Å². The third-order valence-electron chi connectivity index (χ3n) is 3.65. The third kappa shape index (κ3) is 4.55. The zero-order valence-electron chi connectivity index (χ0n) is 11.2. The number of nitrogens with two attached hydrogens (primary N) is 1. The van der Waals surface area contributed by atoms with Crippen LogP contribution in [-0.2, 0) is 4.79 Å². The average molecular weight is 258 g/mol. The van der Waals surface area contributed by atoms with E-state index in [1.807, 2.05) is 0 Å². The summed E-state index contributed by atoms with van der Waals surface area (Å²) < 4.78 is 0. The van der Waals surface area contributed by atoms with E-state index < -0.39 is 12.2 Å². The van der Waals surface area contributed by atoms with Crippen LogP contribution in [0.4, 0.5) is 0 Å². The van der Waals surface area contributed by atoms with Gasteiger partial charge in [-0.15, -0.1) is 0 Å². The van der Waals surface area contributed by atoms with Crippen LogP contribution in [0.5, 0.6) is 0 Å². The summed E-state index contributed by atoms with van der Waals surface area (Å²) >= 11 is 0. The van der Waals surface area contributed by atoms with Crippen LogP contribution in [-0.4, -0.2) is 52.9 Å². The molecule has 1 amide bonds. The molecule has 5 nitrogen and oxygen atoms in total. The number of hydrogen-bond acceptors (Lipinski definition) is 4. The molecule has 0 aromatic carbocycles. The molecule has 0 aliphatic carbocycles. The van der Waals surface area contributed by atoms with Gasteiger partial charge in [0.2, 0.25) is 5.91 Å². The molecule has 0 radical (unpaired) electrons. The monoisotopic (exact) mass is 258 g/mol. The van der Waals surface area contributed by atoms with E-state index >= 15 is 0 Å². The lowest BCUT2D eigenvalue weighted by molar-refractivity contribution is -0.131. The van der Waals surface area contributed by atoms with Crippen LogP contribution in [0, 0.1) is 5.92 Å². The molecule has 1 saturated heterocycles. The van der Waals surface area contributed by atoms with Crippen molar-refractivity contribution in [3.8, 4) is 0 Å². The highest BCUT2D eigenvalue weighted by Crippen LogP contribution is 2.19. The second kappa shape index (κ2) is 7.71. The second-order valence-corrected chi connectivity index (χ2v) is 5.20. The molecule has 0 spiro atoms. The Hall–Kier alpha value is -0.650. The highest BCUT2D eigenvalue weighted by Gasteiger charge is 2.32. The molecular formula is C13H26N2O3. The molecule has 0 aromatic heterocycles. The fraction of sp³-hybridized carbons (Fsp3) is 0.923. The Balaban J connectivity index is 2.31. The Bertz CT molecular complexity index is 245. The van der Waals surface area contributed by atoms with Crippen molar-refractivity contribution in [3.05, 3.63) is 0 Å². The van der Waals surface area contributed by atoms with Crippen molar-refractivity contribution in [2.24, 2.45) is 11.7 Å². The largest absolute Gasteiger partial charge is 0.388 e. The summed E-state index contributed by atoms with van der Waals surface area (Å²) in [7, 11) is 0. The average Bonchev–Trinajstić information content (AvgIpc) is 2.67. The lowest BCUT2D eigenvalue weighted by atomic mass is 9.94. The second-order valence-electron chi connectivity index (χ2n) is 5.20. The Morgan fingerprint density at radius 2 is 1.89 bits per heavy atom. The lowest BCUT2D eigenvalue weighted by Crippen LogP contribution is -2.30. The first-order chi connectivity index (χ1) is 8.58. The summed E-state index contributed by atoms with van der Waals surface area (Å²) in [5.74, 6) is 0.546. The number of aliphatic hydroxyl groups excluding tert-OH is 2. The molecular weight excluding hydrogens is 232 g/mol. The Labute approximate surface area is 109 Å². The van der Waals surface area contributed by atoms with Gasteiger partial charge in [-0.1, -0.05) is 19.8 Å². The predicted molar refractivity (Wildman–Crippen MR) is 69.9 cm³/mol. The number of carbonyl (C=O) groups is 1. The van der Waals surface area contributed by atoms with E-state index in [9.17, 15) is 15.0 Å². The summed E-state index contributed by atoms with van der Waals surface area (Å²) in [5.41, 5.74) is 5.56. The van der Waals surface area contributed by atoms with Gasteiger partial charge >= 0.3 is 0 Å². The van der Waals surface area contributed by atoms with Crippen LogP contribution >= 0.6 is 0 Å². The number of carbonyl (C=O) groups excluding carboxylic acids is 1. The number of amides is 1. The van der Waals surface area contributed by atoms with Gasteiger partial charge in [0, 0.05) is 19.5 Å². The van der Waals surface area contributed by atoms with Crippen molar-refractivity contribution in [1.82, 2.24) is 4.90 Å². The van der Waals surface area contributed by atoms with Gasteiger partial charge in [-0.2, -0.15) is 0 Å². The SMILES string of the molecule is CCCC(CCN)CCC(=O)N1C[C@@H](O)[C@@H](O)C1. The molecule has 1 heterocycles. The summed E-state index contributed by atoms with van der Waals surface area (Å²) in [6, 6.07) is 0. The maximum atomic E-state index is 11.9. The maximum absolute atomic E-state index is 11.9. The van der Waals surface area contributed by atoms with Gasteiger partial charge in [0.15, 0.2) is 0 Å². The fourth-order valence-electron chi connectivity index (χ4n) is 2.54. The van der Waals surface area contributed by atoms with Crippen molar-refractivity contribution in [1.29, 1.82) is 0 Å². The minimum Gasteiger partial charge on any atom is -0.388 e. The first-order valence-electron chi connectivity index (χ1n) is 6.92. The highest BCUT2D eigenvalue weighted by atomic mass is 16.3. The molecule has 1 unspecified atom stereocenters. The minimum atomic E-state index is -0.788. The van der Waals surface area contributed by atoms with Gasteiger partial charge in [-0.3, -0.25) is 4.79 Å². The van der Waals surface area contributed by atoms with Crippen LogP contribution in [0.25, 0.3) is 0 Å². The van der Waals surface area contributed by atoms with Crippen LogP contribution in [0.3, 0.4) is 0 Å². The van der Waals surface area contributed by atoms with E-state index in [-0.39, 0.29) is 19.0 Å². The number of nitrogens with zero attached hydrogens (tertiary/aromatic N) is 1. The maximum Gasteiger partial charge on any atom is 0.222 e. The number of likely N-dealkylation sites (tertiary alicyclic amines) is 1. The molecule has 0 bridgehead atoms. The normalized spacial score (nSPS) is 25.4. The van der Waals surface area contributed by atoms with Crippen LogP contribution in [0.2, 0.25) is 0 Å². The number of rotatable bonds is 7. The van der Waals surface area contributed by atoms with Gasteiger partial charge in [-0.25, -0.2) is 0 Å². The molecule has 0 saturated carbocycles. The molecule has 18 heavy (non-hydrogen) atoms. The van der Waals surface area contributed by atoms with Gasteiger partial charge in [-0.05, 0) is 25.3 Å². The minimum absolute atomic E-state index is 0.0312. The molecule has 5 heteroatoms. The summed E-state index contributed by atoms with van der Waals surface area (Å²) in [6.45, 7) is 3.32. The third-order valence-corrected chi connectivity index (χ3v) is 3.65. The quantitative estimate of drug-likeness (QED) is 0.604. The van der Waals surface area contributed by atoms with Crippen molar-refractivity contribution < 1.29 is 15.0 Å². The van der Waals surface area contributed by atoms with Gasteiger partial charge in [0.25, 0.3) is 0 Å². The first-order valence-corrected chi connectivity index (χ1v) is 6.92. The Morgan fingerprint density at radius 1 is 1.28 bits per heavy atom. The topological polar surface area (TPSA) is 86.8 Å². The van der Waals surface area contributed by atoms with Crippen molar-refractivity contribution >= 4 is 5.91 Å². The molecule has 1 rings (SSSR count). The summed E-state index contributed by atoms with van der Waals surface area (Å²) in [5, 5.41) is 18.8. The molecule has 106 valence electrons. The smallest absolute Gasteiger partial charge is 0.222 e. The van der Waals surface area contributed by atoms with Crippen molar-refractivity contribution in [2.45, 2.75) is 51.2 Å². The zero-order chi connectivity index (χ0) is 13.5. The molecule has 3 atom stereocenters. The van der Waals surface area contributed by atoms with E-state index in [4.69, 9.17) is 5.73 Å². The zero-order valence-corrected chi connectivity index (χ0v) is 11.2. The molecule has 4 N–H and O–H groups in total. The van der Waals surface area contributed by atoms with E-state index in [0.29, 0.717) is 18.9 Å². The van der Waals surface area contributed by atoms with Crippen LogP contribution in [0.1, 0.15) is 39.0 Å². The van der Waals surface area contributed by atoms with Gasteiger partial charge < -0.3 is 20.8 Å². The molecule has 1 aliphatic heterocycles. The van der Waals surface area contributed by atoms with Crippen LogP contribution in [0.15, 0.2) is 0 Å². The van der Waals surface area contributed by atoms with Crippen molar-refractivity contribution in [3.63, 3.8) is 0 Å². The summed E-state index contributed by atoms with van der Waals surface area (Å²) in [4.78, 5) is 13.5. The number of hydrogen-bond donors (Lipinski definition) is 3. The van der Waals surface area contributed by atoms with Gasteiger partial charge in [0.05, 0.1) is 12.2 Å². The standard InChI is InChI=1S/C13H26N2O3/c1-2-3-10(6-7-14)4-5-13(18)15-8-11(16)12(17)9-15/h10-12,16-17H,2-9,14H2,1H3/t10?,11-,12+. The number of β-amino-alcohol motifs (C(OH)–C–C–N with tert-alkyl or cyclic N) is 2. The van der Waals surface area contributed by atoms with E-state index in [1.165, 1.54) is 0 Å². The molecule has 1 fully saturated rings. The van der Waals surface area contributed by atoms with E-state index in [1.54, 1.807) is 4.90 Å². The van der Waals surface area contributed by atoms with E-state index in [2.05, 4.69) is 6.92 Å². The van der Waals surface area contributed by atoms with E-state index in [0.717, 1.165) is 25.7 Å². The van der Waals surface area contributed by atoms with Crippen LogP contribution < -0.4 is 5.73 Å². The first kappa shape index (κ1) is 15.4. The highest BCUT2D eigenvalue weighted by molar-refractivity contribution is 5.76. The molecule has 1 aliphatic rings. The predicted octanol–water partition coefficient (Wildman–Crippen LogP) is 0.0957. The number of aliphatic hydroxyl groups is 2. The fourth-order valence-corrected chi connectivity index (χ4v) is 2.54. The Morgan fingerprint density at radius 3 is 2.39 bits per heavy atom. The molecule has 0 aromatic rings. The van der Waals surface area contributed by atoms with Crippen molar-refractivity contribution in [2.75, 3.05) is 19.6 Å². The summed E-state index contributed by atoms with van der Waals surface area (Å²) in [6.07, 6.45) is 2.95.